The Hall–Kier alpha value is -1.49. The third-order valence-electron chi connectivity index (χ3n) is 5.67. The van der Waals surface area contributed by atoms with E-state index in [1.165, 1.54) is 24.6 Å². The Balaban J connectivity index is 1.78. The van der Waals surface area contributed by atoms with Crippen molar-refractivity contribution in [2.75, 3.05) is 29.7 Å². The summed E-state index contributed by atoms with van der Waals surface area (Å²) >= 11 is 0. The lowest BCUT2D eigenvalue weighted by molar-refractivity contribution is -0.116. The summed E-state index contributed by atoms with van der Waals surface area (Å²) in [5.74, 6) is -0.723. The molecule has 2 fully saturated rings. The Kier molecular flexibility index (Phi) is 6.11. The van der Waals surface area contributed by atoms with Crippen LogP contribution in [0.3, 0.4) is 0 Å². The lowest BCUT2D eigenvalue weighted by Crippen LogP contribution is -2.53. The number of sulfonamides is 2. The molecule has 1 aromatic carbocycles. The molecule has 0 aromatic heterocycles. The molecule has 10 heteroatoms. The van der Waals surface area contributed by atoms with Crippen molar-refractivity contribution in [1.82, 2.24) is 9.62 Å². The van der Waals surface area contributed by atoms with Crippen LogP contribution in [-0.4, -0.2) is 58.6 Å². The lowest BCUT2D eigenvalue weighted by Gasteiger charge is -2.41. The molecular formula is C19H29N3O5S2. The van der Waals surface area contributed by atoms with Gasteiger partial charge in [-0.05, 0) is 70.5 Å². The number of aryl methyl sites for hydroxylation is 1. The Morgan fingerprint density at radius 1 is 1.14 bits per heavy atom. The van der Waals surface area contributed by atoms with Gasteiger partial charge in [0.25, 0.3) is 0 Å². The van der Waals surface area contributed by atoms with Gasteiger partial charge in [-0.15, -0.1) is 0 Å². The van der Waals surface area contributed by atoms with Crippen LogP contribution in [0, 0.1) is 6.92 Å². The van der Waals surface area contributed by atoms with Crippen molar-refractivity contribution in [3.05, 3.63) is 23.8 Å². The molecule has 1 aromatic rings. The fraction of sp³-hybridized carbons (Fsp3) is 0.632. The number of rotatable bonds is 6. The molecule has 29 heavy (non-hydrogen) atoms. The van der Waals surface area contributed by atoms with Gasteiger partial charge in [0.2, 0.25) is 26.0 Å². The minimum Gasteiger partial charge on any atom is -0.297 e. The summed E-state index contributed by atoms with van der Waals surface area (Å²) in [6, 6.07) is 4.17. The second kappa shape index (κ2) is 7.98. The number of nitrogens with one attached hydrogen (secondary N) is 1. The zero-order valence-electron chi connectivity index (χ0n) is 17.1. The molecule has 0 unspecified atom stereocenters. The summed E-state index contributed by atoms with van der Waals surface area (Å²) in [6.07, 6.45) is 3.39. The monoisotopic (exact) mass is 443 g/mol. The van der Waals surface area contributed by atoms with E-state index < -0.39 is 26.0 Å². The fourth-order valence-electron chi connectivity index (χ4n) is 3.89. The lowest BCUT2D eigenvalue weighted by atomic mass is 9.99. The number of amides is 1. The highest BCUT2D eigenvalue weighted by Crippen LogP contribution is 2.29. The molecular weight excluding hydrogens is 414 g/mol. The maximum Gasteiger partial charge on any atom is 0.242 e. The second-order valence-corrected chi connectivity index (χ2v) is 12.0. The number of benzene rings is 1. The van der Waals surface area contributed by atoms with Gasteiger partial charge in [-0.25, -0.2) is 25.9 Å². The predicted octanol–water partition coefficient (Wildman–Crippen LogP) is 1.60. The number of anilines is 1. The summed E-state index contributed by atoms with van der Waals surface area (Å²) in [5, 5.41) is 0. The highest BCUT2D eigenvalue weighted by molar-refractivity contribution is 7.94. The maximum atomic E-state index is 12.9. The van der Waals surface area contributed by atoms with Crippen LogP contribution < -0.4 is 9.03 Å². The molecule has 2 heterocycles. The van der Waals surface area contributed by atoms with E-state index in [1.807, 2.05) is 13.8 Å². The minimum atomic E-state index is -3.77. The predicted molar refractivity (Wildman–Crippen MR) is 112 cm³/mol. The van der Waals surface area contributed by atoms with Gasteiger partial charge in [-0.1, -0.05) is 6.42 Å². The fourth-order valence-corrected chi connectivity index (χ4v) is 6.77. The Morgan fingerprint density at radius 3 is 2.34 bits per heavy atom. The molecule has 0 atom stereocenters. The van der Waals surface area contributed by atoms with Crippen LogP contribution in [0.5, 0.6) is 0 Å². The first-order chi connectivity index (χ1) is 13.4. The Bertz CT molecular complexity index is 997. The minimum absolute atomic E-state index is 0.0609. The molecule has 2 aliphatic rings. The molecule has 8 nitrogen and oxygen atoms in total. The molecule has 0 aliphatic carbocycles. The number of hydrogen-bond acceptors (Lipinski definition) is 6. The van der Waals surface area contributed by atoms with Crippen molar-refractivity contribution >= 4 is 31.6 Å². The average molecular weight is 444 g/mol. The van der Waals surface area contributed by atoms with E-state index >= 15 is 0 Å². The van der Waals surface area contributed by atoms with Gasteiger partial charge >= 0.3 is 0 Å². The van der Waals surface area contributed by atoms with Gasteiger partial charge in [0.15, 0.2) is 0 Å². The quantitative estimate of drug-likeness (QED) is 0.716. The smallest absolute Gasteiger partial charge is 0.242 e. The van der Waals surface area contributed by atoms with Crippen molar-refractivity contribution in [3.63, 3.8) is 0 Å². The van der Waals surface area contributed by atoms with E-state index in [0.717, 1.165) is 30.2 Å². The summed E-state index contributed by atoms with van der Waals surface area (Å²) in [6.45, 7) is 7.85. The van der Waals surface area contributed by atoms with E-state index in [-0.39, 0.29) is 34.8 Å². The summed E-state index contributed by atoms with van der Waals surface area (Å²) in [5.41, 5.74) is 0.260. The number of nitrogens with zero attached hydrogens (tertiary/aromatic N) is 2. The molecule has 2 saturated heterocycles. The number of carbonyl (C=O) groups is 1. The Labute approximate surface area is 173 Å². The van der Waals surface area contributed by atoms with Crippen LogP contribution in [0.25, 0.3) is 0 Å². The van der Waals surface area contributed by atoms with Crippen LogP contribution in [0.15, 0.2) is 23.1 Å². The number of likely N-dealkylation sites (tertiary alicyclic amines) is 1. The molecule has 1 amide bonds. The second-order valence-electron chi connectivity index (χ2n) is 8.36. The largest absolute Gasteiger partial charge is 0.297 e. The van der Waals surface area contributed by atoms with Gasteiger partial charge < -0.3 is 0 Å². The van der Waals surface area contributed by atoms with Crippen molar-refractivity contribution in [2.24, 2.45) is 0 Å². The van der Waals surface area contributed by atoms with Crippen molar-refractivity contribution < 1.29 is 21.6 Å². The summed E-state index contributed by atoms with van der Waals surface area (Å²) in [4.78, 5) is 14.3. The van der Waals surface area contributed by atoms with E-state index in [4.69, 9.17) is 0 Å². The average Bonchev–Trinajstić information content (AvgIpc) is 2.93. The van der Waals surface area contributed by atoms with Crippen LogP contribution >= 0.6 is 0 Å². The summed E-state index contributed by atoms with van der Waals surface area (Å²) < 4.78 is 53.4. The van der Waals surface area contributed by atoms with Crippen molar-refractivity contribution in [2.45, 2.75) is 56.9 Å². The van der Waals surface area contributed by atoms with Gasteiger partial charge in [0.05, 0.1) is 16.3 Å². The Morgan fingerprint density at radius 2 is 1.79 bits per heavy atom. The molecule has 0 bridgehead atoms. The zero-order valence-corrected chi connectivity index (χ0v) is 18.8. The summed E-state index contributed by atoms with van der Waals surface area (Å²) in [7, 11) is -7.46. The molecule has 3 rings (SSSR count). The maximum absolute atomic E-state index is 12.9. The van der Waals surface area contributed by atoms with Crippen molar-refractivity contribution in [1.29, 1.82) is 0 Å². The van der Waals surface area contributed by atoms with E-state index in [9.17, 15) is 21.6 Å². The zero-order chi connectivity index (χ0) is 21.4. The van der Waals surface area contributed by atoms with Gasteiger partial charge in [0.1, 0.15) is 0 Å². The molecule has 1 N–H and O–H groups in total. The third kappa shape index (κ3) is 4.65. The van der Waals surface area contributed by atoms with Gasteiger partial charge in [-0.2, -0.15) is 0 Å². The molecule has 0 radical (unpaired) electrons. The standard InChI is InChI=1S/C19H29N3O5S2/c1-15-13-16(22-18(23)9-12-28(22,24)25)7-8-17(15)29(26,27)20-14-19(2,3)21-10-5-4-6-11-21/h7-8,13,20H,4-6,9-12,14H2,1-3H3. The van der Waals surface area contributed by atoms with E-state index in [2.05, 4.69) is 9.62 Å². The third-order valence-corrected chi connectivity index (χ3v) is 8.92. The highest BCUT2D eigenvalue weighted by Gasteiger charge is 2.37. The van der Waals surface area contributed by atoms with Gasteiger partial charge in [-0.3, -0.25) is 9.69 Å². The van der Waals surface area contributed by atoms with Gasteiger partial charge in [0, 0.05) is 18.5 Å². The first-order valence-corrected chi connectivity index (χ1v) is 12.9. The molecule has 2 aliphatic heterocycles. The first-order valence-electron chi connectivity index (χ1n) is 9.85. The van der Waals surface area contributed by atoms with Crippen LogP contribution in [-0.2, 0) is 24.8 Å². The van der Waals surface area contributed by atoms with Crippen molar-refractivity contribution in [3.8, 4) is 0 Å². The van der Waals surface area contributed by atoms with Crippen LogP contribution in [0.1, 0.15) is 45.1 Å². The molecule has 0 spiro atoms. The topological polar surface area (TPSA) is 104 Å². The highest BCUT2D eigenvalue weighted by atomic mass is 32.2. The normalized spacial score (nSPS) is 20.9. The van der Waals surface area contributed by atoms with E-state index in [1.54, 1.807) is 6.92 Å². The van der Waals surface area contributed by atoms with Crippen LogP contribution in [0.2, 0.25) is 0 Å². The number of piperidine rings is 1. The number of hydrogen-bond donors (Lipinski definition) is 1. The molecule has 0 saturated carbocycles. The SMILES string of the molecule is Cc1cc(N2C(=O)CCS2(=O)=O)ccc1S(=O)(=O)NCC(C)(C)N1CCCCC1. The van der Waals surface area contributed by atoms with E-state index in [0.29, 0.717) is 5.56 Å². The first kappa shape index (κ1) is 22.2. The molecule has 162 valence electrons. The van der Waals surface area contributed by atoms with Crippen LogP contribution in [0.4, 0.5) is 5.69 Å². The number of carbonyl (C=O) groups excluding carboxylic acids is 1.